The highest BCUT2D eigenvalue weighted by atomic mass is 16.5. The van der Waals surface area contributed by atoms with Crippen molar-refractivity contribution >= 4 is 11.0 Å². The number of hydrogen-bond donors (Lipinski definition) is 1. The molecule has 1 N–H and O–H groups in total. The van der Waals surface area contributed by atoms with E-state index in [0.717, 1.165) is 42.7 Å². The number of benzene rings is 1. The molecule has 106 valence electrons. The zero-order valence-electron chi connectivity index (χ0n) is 12.1. The van der Waals surface area contributed by atoms with Crippen LogP contribution >= 0.6 is 0 Å². The number of para-hydroxylation sites is 2. The van der Waals surface area contributed by atoms with Gasteiger partial charge in [-0.2, -0.15) is 0 Å². The molecule has 1 atom stereocenters. The van der Waals surface area contributed by atoms with Crippen molar-refractivity contribution in [2.75, 3.05) is 6.61 Å². The fourth-order valence-corrected chi connectivity index (χ4v) is 2.74. The number of aromatic nitrogens is 2. The van der Waals surface area contributed by atoms with Gasteiger partial charge in [0.1, 0.15) is 0 Å². The molecule has 4 nitrogen and oxygen atoms in total. The summed E-state index contributed by atoms with van der Waals surface area (Å²) in [6.45, 7) is 5.89. The van der Waals surface area contributed by atoms with Crippen molar-refractivity contribution in [3.63, 3.8) is 0 Å². The van der Waals surface area contributed by atoms with E-state index >= 15 is 0 Å². The first-order valence-corrected chi connectivity index (χ1v) is 7.20. The molecule has 1 saturated heterocycles. The largest absolute Gasteiger partial charge is 0.375 e. The van der Waals surface area contributed by atoms with Gasteiger partial charge in [-0.3, -0.25) is 4.98 Å². The van der Waals surface area contributed by atoms with Gasteiger partial charge in [0.05, 0.1) is 28.5 Å². The van der Waals surface area contributed by atoms with Crippen molar-refractivity contribution in [3.8, 4) is 0 Å². The van der Waals surface area contributed by atoms with Gasteiger partial charge in [0.2, 0.25) is 0 Å². The van der Waals surface area contributed by atoms with Crippen LogP contribution in [0.4, 0.5) is 0 Å². The second kappa shape index (κ2) is 5.46. The van der Waals surface area contributed by atoms with Crippen LogP contribution in [0.15, 0.2) is 30.5 Å². The zero-order valence-corrected chi connectivity index (χ0v) is 12.1. The Bertz CT molecular complexity index is 597. The molecule has 3 rings (SSSR count). The van der Waals surface area contributed by atoms with Crippen LogP contribution in [0.3, 0.4) is 0 Å². The molecule has 0 amide bonds. The molecular formula is C16H21N3O. The fraction of sp³-hybridized carbons (Fsp3) is 0.500. The van der Waals surface area contributed by atoms with E-state index in [0.29, 0.717) is 6.04 Å². The predicted octanol–water partition coefficient (Wildman–Crippen LogP) is 2.68. The molecule has 4 heteroatoms. The molecule has 1 aliphatic rings. The summed E-state index contributed by atoms with van der Waals surface area (Å²) >= 11 is 0. The molecule has 0 radical (unpaired) electrons. The lowest BCUT2D eigenvalue weighted by molar-refractivity contribution is -0.0631. The number of fused-ring (bicyclic) bond motifs is 1. The summed E-state index contributed by atoms with van der Waals surface area (Å²) in [4.78, 5) is 9.09. The number of rotatable bonds is 3. The average molecular weight is 271 g/mol. The Morgan fingerprint density at radius 1 is 1.30 bits per heavy atom. The molecule has 1 unspecified atom stereocenters. The number of nitrogens with zero attached hydrogens (tertiary/aromatic N) is 2. The Morgan fingerprint density at radius 2 is 2.10 bits per heavy atom. The Kier molecular flexibility index (Phi) is 3.68. The summed E-state index contributed by atoms with van der Waals surface area (Å²) in [7, 11) is 0. The van der Waals surface area contributed by atoms with E-state index in [2.05, 4.69) is 29.1 Å². The Labute approximate surface area is 119 Å². The highest BCUT2D eigenvalue weighted by molar-refractivity contribution is 5.73. The second-order valence-electron chi connectivity index (χ2n) is 6.03. The summed E-state index contributed by atoms with van der Waals surface area (Å²) < 4.78 is 5.74. The van der Waals surface area contributed by atoms with Crippen molar-refractivity contribution in [3.05, 3.63) is 36.2 Å². The number of ether oxygens (including phenoxy) is 1. The topological polar surface area (TPSA) is 47.0 Å². The third-order valence-electron chi connectivity index (χ3n) is 3.77. The highest BCUT2D eigenvalue weighted by Gasteiger charge is 2.28. The van der Waals surface area contributed by atoms with E-state index in [9.17, 15) is 0 Å². The van der Waals surface area contributed by atoms with Crippen LogP contribution in [0.25, 0.3) is 11.0 Å². The minimum atomic E-state index is -0.0228. The molecule has 0 saturated carbocycles. The average Bonchev–Trinajstić information content (AvgIpc) is 2.44. The maximum atomic E-state index is 5.74. The normalized spacial score (nSPS) is 22.0. The van der Waals surface area contributed by atoms with Crippen molar-refractivity contribution < 1.29 is 4.74 Å². The minimum absolute atomic E-state index is 0.0228. The molecule has 1 fully saturated rings. The van der Waals surface area contributed by atoms with Crippen LogP contribution in [0.2, 0.25) is 0 Å². The predicted molar refractivity (Wildman–Crippen MR) is 79.4 cm³/mol. The molecule has 2 aromatic rings. The van der Waals surface area contributed by atoms with Crippen molar-refractivity contribution in [1.82, 2.24) is 15.3 Å². The second-order valence-corrected chi connectivity index (χ2v) is 6.03. The summed E-state index contributed by atoms with van der Waals surface area (Å²) in [5.74, 6) is 0. The van der Waals surface area contributed by atoms with E-state index in [4.69, 9.17) is 4.74 Å². The summed E-state index contributed by atoms with van der Waals surface area (Å²) in [5.41, 5.74) is 2.88. The fourth-order valence-electron chi connectivity index (χ4n) is 2.74. The maximum Gasteiger partial charge on any atom is 0.0890 e. The smallest absolute Gasteiger partial charge is 0.0890 e. The van der Waals surface area contributed by atoms with E-state index in [1.54, 1.807) is 0 Å². The first-order chi connectivity index (χ1) is 9.62. The first-order valence-electron chi connectivity index (χ1n) is 7.20. The summed E-state index contributed by atoms with van der Waals surface area (Å²) in [6, 6.07) is 8.46. The van der Waals surface area contributed by atoms with Gasteiger partial charge in [-0.05, 0) is 38.8 Å². The van der Waals surface area contributed by atoms with Crippen LogP contribution in [-0.4, -0.2) is 28.2 Å². The third-order valence-corrected chi connectivity index (χ3v) is 3.77. The molecule has 0 bridgehead atoms. The standard InChI is InChI=1S/C16H21N3O/c1-16(2)9-12(7-8-20-16)17-10-13-11-18-14-5-3-4-6-15(14)19-13/h3-6,11-12,17H,7-10H2,1-2H3. The molecule has 1 aromatic carbocycles. The summed E-state index contributed by atoms with van der Waals surface area (Å²) in [6.07, 6.45) is 3.96. The van der Waals surface area contributed by atoms with Crippen LogP contribution in [-0.2, 0) is 11.3 Å². The van der Waals surface area contributed by atoms with Crippen LogP contribution in [0.1, 0.15) is 32.4 Å². The SMILES string of the molecule is CC1(C)CC(NCc2cnc3ccccc3n2)CCO1. The molecular weight excluding hydrogens is 250 g/mol. The zero-order chi connectivity index (χ0) is 14.0. The van der Waals surface area contributed by atoms with E-state index in [-0.39, 0.29) is 5.60 Å². The van der Waals surface area contributed by atoms with Crippen molar-refractivity contribution in [1.29, 1.82) is 0 Å². The summed E-state index contributed by atoms with van der Waals surface area (Å²) in [5, 5.41) is 3.58. The first kappa shape index (κ1) is 13.5. The molecule has 20 heavy (non-hydrogen) atoms. The van der Waals surface area contributed by atoms with Gasteiger partial charge >= 0.3 is 0 Å². The molecule has 1 aliphatic heterocycles. The van der Waals surface area contributed by atoms with Crippen LogP contribution in [0.5, 0.6) is 0 Å². The Morgan fingerprint density at radius 3 is 2.90 bits per heavy atom. The Balaban J connectivity index is 1.65. The van der Waals surface area contributed by atoms with Gasteiger partial charge in [-0.25, -0.2) is 4.98 Å². The molecule has 0 aliphatic carbocycles. The van der Waals surface area contributed by atoms with Gasteiger partial charge < -0.3 is 10.1 Å². The van der Waals surface area contributed by atoms with E-state index < -0.39 is 0 Å². The number of hydrogen-bond acceptors (Lipinski definition) is 4. The minimum Gasteiger partial charge on any atom is -0.375 e. The van der Waals surface area contributed by atoms with Gasteiger partial charge in [0, 0.05) is 19.2 Å². The highest BCUT2D eigenvalue weighted by Crippen LogP contribution is 2.24. The Hall–Kier alpha value is -1.52. The molecule has 1 aromatic heterocycles. The molecule has 2 heterocycles. The van der Waals surface area contributed by atoms with Crippen LogP contribution in [0, 0.1) is 0 Å². The van der Waals surface area contributed by atoms with Crippen LogP contribution < -0.4 is 5.32 Å². The lowest BCUT2D eigenvalue weighted by Crippen LogP contribution is -2.43. The van der Waals surface area contributed by atoms with Gasteiger partial charge in [0.25, 0.3) is 0 Å². The van der Waals surface area contributed by atoms with E-state index in [1.165, 1.54) is 0 Å². The quantitative estimate of drug-likeness (QED) is 0.932. The van der Waals surface area contributed by atoms with Gasteiger partial charge in [0.15, 0.2) is 0 Å². The molecule has 0 spiro atoms. The maximum absolute atomic E-state index is 5.74. The van der Waals surface area contributed by atoms with E-state index in [1.807, 2.05) is 30.5 Å². The van der Waals surface area contributed by atoms with Crippen molar-refractivity contribution in [2.45, 2.75) is 44.9 Å². The number of nitrogens with one attached hydrogen (secondary N) is 1. The lowest BCUT2D eigenvalue weighted by Gasteiger charge is -2.35. The third kappa shape index (κ3) is 3.14. The van der Waals surface area contributed by atoms with Gasteiger partial charge in [-0.15, -0.1) is 0 Å². The monoisotopic (exact) mass is 271 g/mol. The van der Waals surface area contributed by atoms with Gasteiger partial charge in [-0.1, -0.05) is 12.1 Å². The van der Waals surface area contributed by atoms with Crippen molar-refractivity contribution in [2.24, 2.45) is 0 Å². The lowest BCUT2D eigenvalue weighted by atomic mass is 9.94.